The van der Waals surface area contributed by atoms with Crippen molar-refractivity contribution in [2.75, 3.05) is 18.2 Å². The van der Waals surface area contributed by atoms with E-state index in [1.54, 1.807) is 17.7 Å². The summed E-state index contributed by atoms with van der Waals surface area (Å²) in [6, 6.07) is 25.1. The van der Waals surface area contributed by atoms with Crippen LogP contribution in [0.2, 0.25) is 0 Å². The molecule has 5 heterocycles. The van der Waals surface area contributed by atoms with Crippen molar-refractivity contribution in [3.8, 4) is 5.75 Å². The highest BCUT2D eigenvalue weighted by Crippen LogP contribution is 2.32. The second-order valence-electron chi connectivity index (χ2n) is 11.4. The minimum atomic E-state index is -0.527. The Bertz CT molecular complexity index is 2410. The van der Waals surface area contributed by atoms with Crippen LogP contribution in [0.5, 0.6) is 5.75 Å². The van der Waals surface area contributed by atoms with E-state index in [9.17, 15) is 0 Å². The van der Waals surface area contributed by atoms with Crippen molar-refractivity contribution in [1.29, 1.82) is 0 Å². The third kappa shape index (κ3) is 5.31. The number of anilines is 3. The van der Waals surface area contributed by atoms with Gasteiger partial charge >= 0.3 is 0 Å². The molecule has 11 heteroatoms. The van der Waals surface area contributed by atoms with Gasteiger partial charge in [-0.25, -0.2) is 24.3 Å². The average molecular weight is 624 g/mol. The number of benzene rings is 3. The number of aryl methyl sites for hydroxylation is 4. The Balaban J connectivity index is 1.20. The molecule has 0 saturated carbocycles. The number of pyridine rings is 1. The number of nitrogens with two attached hydrogens (primary N) is 1. The van der Waals surface area contributed by atoms with Crippen LogP contribution in [0.1, 0.15) is 22.6 Å². The fourth-order valence-corrected chi connectivity index (χ4v) is 6.02. The van der Waals surface area contributed by atoms with E-state index >= 15 is 4.39 Å². The molecular weight excluding hydrogens is 593 g/mol. The van der Waals surface area contributed by atoms with Gasteiger partial charge in [0, 0.05) is 40.7 Å². The fraction of sp³-hybridized carbons (Fsp3) is 0.139. The summed E-state index contributed by atoms with van der Waals surface area (Å²) in [6.07, 6.45) is 8.55. The monoisotopic (exact) mass is 623 g/mol. The van der Waals surface area contributed by atoms with Crippen molar-refractivity contribution in [3.63, 3.8) is 0 Å². The van der Waals surface area contributed by atoms with Crippen LogP contribution in [0.4, 0.5) is 22.0 Å². The maximum Gasteiger partial charge on any atom is 0.213 e. The van der Waals surface area contributed by atoms with Crippen LogP contribution < -0.4 is 15.8 Å². The van der Waals surface area contributed by atoms with Crippen LogP contribution in [-0.4, -0.2) is 40.8 Å². The first kappa shape index (κ1) is 28.4. The summed E-state index contributed by atoms with van der Waals surface area (Å²) >= 11 is 0. The van der Waals surface area contributed by atoms with Gasteiger partial charge in [-0.05, 0) is 67.6 Å². The van der Waals surface area contributed by atoms with Gasteiger partial charge in [0.15, 0.2) is 5.82 Å². The molecule has 8 rings (SSSR count). The maximum atomic E-state index is 15.7. The quantitative estimate of drug-likeness (QED) is 0.187. The number of nitrogens with one attached hydrogen (secondary N) is 1. The molecule has 47 heavy (non-hydrogen) atoms. The summed E-state index contributed by atoms with van der Waals surface area (Å²) < 4.78 is 25.0. The van der Waals surface area contributed by atoms with Crippen LogP contribution in [0, 0.1) is 5.82 Å². The lowest BCUT2D eigenvalue weighted by Gasteiger charge is -2.13. The van der Waals surface area contributed by atoms with E-state index in [4.69, 9.17) is 25.4 Å². The van der Waals surface area contributed by atoms with Crippen LogP contribution in [0.3, 0.4) is 0 Å². The molecule has 8 aromatic rings. The molecule has 232 valence electrons. The number of para-hydroxylation sites is 1. The predicted molar refractivity (Wildman–Crippen MR) is 181 cm³/mol. The summed E-state index contributed by atoms with van der Waals surface area (Å²) in [5.74, 6) is 0.716. The second kappa shape index (κ2) is 11.7. The van der Waals surface area contributed by atoms with Crippen molar-refractivity contribution in [2.24, 2.45) is 0 Å². The molecule has 10 nitrogen and oxygen atoms in total. The van der Waals surface area contributed by atoms with E-state index in [0.29, 0.717) is 46.8 Å². The number of ether oxygens (including phenoxy) is 1. The molecule has 0 aliphatic heterocycles. The van der Waals surface area contributed by atoms with Crippen molar-refractivity contribution < 1.29 is 9.13 Å². The first-order valence-electron chi connectivity index (χ1n) is 15.4. The molecule has 5 aromatic heterocycles. The van der Waals surface area contributed by atoms with Gasteiger partial charge in [0.25, 0.3) is 0 Å². The third-order valence-electron chi connectivity index (χ3n) is 8.33. The molecule has 0 spiro atoms. The van der Waals surface area contributed by atoms with E-state index in [1.807, 2.05) is 77.5 Å². The number of rotatable bonds is 9. The zero-order valence-electron chi connectivity index (χ0n) is 25.6. The molecule has 0 bridgehead atoms. The van der Waals surface area contributed by atoms with Crippen LogP contribution >= 0.6 is 0 Å². The number of hydrogen-bond donors (Lipinski definition) is 2. The van der Waals surface area contributed by atoms with Gasteiger partial charge < -0.3 is 15.8 Å². The lowest BCUT2D eigenvalue weighted by molar-refractivity contribution is 0.419. The second-order valence-corrected chi connectivity index (χ2v) is 11.4. The Kier molecular flexibility index (Phi) is 7.05. The zero-order valence-corrected chi connectivity index (χ0v) is 25.6. The molecule has 0 saturated heterocycles. The van der Waals surface area contributed by atoms with Crippen LogP contribution in [-0.2, 0) is 25.7 Å². The Morgan fingerprint density at radius 1 is 0.723 bits per heavy atom. The Labute approximate surface area is 268 Å². The molecule has 0 aliphatic rings. The number of fused-ring (bicyclic) bond motifs is 6. The first-order valence-corrected chi connectivity index (χ1v) is 15.4. The molecule has 0 fully saturated rings. The summed E-state index contributed by atoms with van der Waals surface area (Å²) in [6.45, 7) is 0. The van der Waals surface area contributed by atoms with Crippen LogP contribution in [0.15, 0.2) is 97.5 Å². The molecule has 3 aromatic carbocycles. The van der Waals surface area contributed by atoms with Crippen molar-refractivity contribution in [3.05, 3.63) is 126 Å². The summed E-state index contributed by atoms with van der Waals surface area (Å²) in [4.78, 5) is 23.6. The van der Waals surface area contributed by atoms with E-state index in [2.05, 4.69) is 27.4 Å². The van der Waals surface area contributed by atoms with Crippen LogP contribution in [0.25, 0.3) is 33.1 Å². The van der Waals surface area contributed by atoms with E-state index in [-0.39, 0.29) is 11.5 Å². The average Bonchev–Trinajstić information content (AvgIpc) is 3.74. The van der Waals surface area contributed by atoms with Gasteiger partial charge in [-0.15, -0.1) is 0 Å². The SMILES string of the molecule is COc1cccc2c1nc(Nc1cc(F)c3nc(N)n4cc(CCc5ccccn5)nc4c3c1)n1cc(CCc3ccccc3)nc21. The molecule has 0 atom stereocenters. The minimum Gasteiger partial charge on any atom is -0.494 e. The predicted octanol–water partition coefficient (Wildman–Crippen LogP) is 6.52. The van der Waals surface area contributed by atoms with E-state index in [1.165, 1.54) is 11.6 Å². The molecule has 0 unspecified atom stereocenters. The number of methoxy groups -OCH3 is 1. The third-order valence-corrected chi connectivity index (χ3v) is 8.33. The lowest BCUT2D eigenvalue weighted by atomic mass is 10.1. The zero-order chi connectivity index (χ0) is 31.9. The van der Waals surface area contributed by atoms with Crippen molar-refractivity contribution in [1.82, 2.24) is 33.7 Å². The highest BCUT2D eigenvalue weighted by atomic mass is 19.1. The van der Waals surface area contributed by atoms with Gasteiger partial charge in [0.1, 0.15) is 28.1 Å². The highest BCUT2D eigenvalue weighted by molar-refractivity contribution is 5.98. The maximum absolute atomic E-state index is 15.7. The van der Waals surface area contributed by atoms with Gasteiger partial charge in [0.05, 0.1) is 18.5 Å². The van der Waals surface area contributed by atoms with Gasteiger partial charge in [0.2, 0.25) is 11.9 Å². The topological polar surface area (TPSA) is 121 Å². The Morgan fingerprint density at radius 3 is 2.26 bits per heavy atom. The Morgan fingerprint density at radius 2 is 1.47 bits per heavy atom. The van der Waals surface area contributed by atoms with E-state index in [0.717, 1.165) is 41.0 Å². The normalized spacial score (nSPS) is 11.6. The highest BCUT2D eigenvalue weighted by Gasteiger charge is 2.18. The molecule has 0 amide bonds. The molecule has 0 radical (unpaired) electrons. The Hall–Kier alpha value is -6.10. The first-order chi connectivity index (χ1) is 23.0. The molecule has 0 aliphatic carbocycles. The van der Waals surface area contributed by atoms with Gasteiger partial charge in [-0.2, -0.15) is 0 Å². The van der Waals surface area contributed by atoms with Crippen molar-refractivity contribution in [2.45, 2.75) is 25.7 Å². The molecule has 3 N–H and O–H groups in total. The number of halogens is 1. The number of imidazole rings is 2. The van der Waals surface area contributed by atoms with Gasteiger partial charge in [-0.1, -0.05) is 42.5 Å². The summed E-state index contributed by atoms with van der Waals surface area (Å²) in [5, 5.41) is 4.73. The van der Waals surface area contributed by atoms with Crippen molar-refractivity contribution >= 4 is 50.7 Å². The van der Waals surface area contributed by atoms with Gasteiger partial charge in [-0.3, -0.25) is 13.8 Å². The number of hydrogen-bond acceptors (Lipinski definition) is 8. The molecular formula is C36H30FN9O. The standard InChI is InChI=1S/C36H30FN9O/c1-47-30-12-7-11-27-32(30)44-36(46-21-24(40-33(27)46)14-13-22-8-3-2-4-9-22)42-26-18-28-31(29(37)19-26)43-35(38)45-20-25(41-34(28)45)16-15-23-10-5-6-17-39-23/h2-12,17-21H,13-16H2,1H3,(H2,38,43)(H,42,44). The number of nitrogen functional groups attached to an aromatic ring is 1. The number of nitrogens with zero attached hydrogens (tertiary/aromatic N) is 7. The smallest absolute Gasteiger partial charge is 0.213 e. The largest absolute Gasteiger partial charge is 0.494 e. The summed E-state index contributed by atoms with van der Waals surface area (Å²) in [5.41, 5.74) is 12.7. The fourth-order valence-electron chi connectivity index (χ4n) is 6.02. The summed E-state index contributed by atoms with van der Waals surface area (Å²) in [7, 11) is 1.61. The lowest BCUT2D eigenvalue weighted by Crippen LogP contribution is -2.05. The van der Waals surface area contributed by atoms with E-state index < -0.39 is 5.82 Å². The number of aromatic nitrogens is 7. The minimum absolute atomic E-state index is 0.145.